The van der Waals surface area contributed by atoms with Gasteiger partial charge in [0, 0.05) is 32.2 Å². The summed E-state index contributed by atoms with van der Waals surface area (Å²) >= 11 is 17.6. The summed E-state index contributed by atoms with van der Waals surface area (Å²) < 4.78 is 27.5. The quantitative estimate of drug-likeness (QED) is 0.682. The number of benzene rings is 2. The monoisotopic (exact) mass is 374 g/mol. The summed E-state index contributed by atoms with van der Waals surface area (Å²) in [6.45, 7) is 0. The van der Waals surface area contributed by atoms with E-state index in [0.29, 0.717) is 31.7 Å². The van der Waals surface area contributed by atoms with Gasteiger partial charge in [0.05, 0.1) is 5.69 Å². The molecule has 0 fully saturated rings. The van der Waals surface area contributed by atoms with Crippen molar-refractivity contribution in [2.24, 2.45) is 0 Å². The fraction of sp³-hybridized carbons (Fsp3) is 0. The fourth-order valence-electron chi connectivity index (χ4n) is 2.12. The minimum absolute atomic E-state index is 0.121. The molecule has 0 bridgehead atoms. The van der Waals surface area contributed by atoms with Gasteiger partial charge in [0.25, 0.3) is 10.0 Å². The van der Waals surface area contributed by atoms with Gasteiger partial charge < -0.3 is 4.98 Å². The molecule has 114 valence electrons. The number of hydrogen-bond donors (Lipinski definition) is 2. The van der Waals surface area contributed by atoms with Crippen LogP contribution in [0.3, 0.4) is 0 Å². The molecule has 8 heteroatoms. The van der Waals surface area contributed by atoms with Gasteiger partial charge in [0.2, 0.25) is 0 Å². The highest BCUT2D eigenvalue weighted by Crippen LogP contribution is 2.28. The van der Waals surface area contributed by atoms with Crippen molar-refractivity contribution >= 4 is 61.4 Å². The molecule has 0 spiro atoms. The number of halogens is 3. The third-order valence-electron chi connectivity index (χ3n) is 3.01. The van der Waals surface area contributed by atoms with E-state index in [1.54, 1.807) is 18.2 Å². The first-order valence-electron chi connectivity index (χ1n) is 6.11. The molecule has 0 radical (unpaired) electrons. The van der Waals surface area contributed by atoms with Gasteiger partial charge >= 0.3 is 0 Å². The Kier molecular flexibility index (Phi) is 3.99. The van der Waals surface area contributed by atoms with Crippen molar-refractivity contribution in [3.63, 3.8) is 0 Å². The minimum atomic E-state index is -3.78. The van der Waals surface area contributed by atoms with Crippen LogP contribution in [0.1, 0.15) is 0 Å². The van der Waals surface area contributed by atoms with Crippen LogP contribution in [0.2, 0.25) is 15.1 Å². The highest BCUT2D eigenvalue weighted by atomic mass is 35.5. The third-order valence-corrected chi connectivity index (χ3v) is 5.10. The van der Waals surface area contributed by atoms with Crippen molar-refractivity contribution in [2.75, 3.05) is 4.72 Å². The van der Waals surface area contributed by atoms with Crippen LogP contribution in [0.5, 0.6) is 0 Å². The van der Waals surface area contributed by atoms with Crippen LogP contribution < -0.4 is 4.72 Å². The van der Waals surface area contributed by atoms with Gasteiger partial charge in [-0.25, -0.2) is 8.42 Å². The van der Waals surface area contributed by atoms with E-state index in [0.717, 1.165) is 0 Å². The zero-order valence-electron chi connectivity index (χ0n) is 10.9. The lowest BCUT2D eigenvalue weighted by atomic mass is 10.2. The van der Waals surface area contributed by atoms with Gasteiger partial charge in [-0.2, -0.15) is 0 Å². The number of fused-ring (bicyclic) bond motifs is 1. The van der Waals surface area contributed by atoms with Gasteiger partial charge in [-0.15, -0.1) is 0 Å². The van der Waals surface area contributed by atoms with E-state index >= 15 is 0 Å². The average molecular weight is 376 g/mol. The summed E-state index contributed by atoms with van der Waals surface area (Å²) in [5, 5.41) is 1.75. The molecule has 1 aromatic heterocycles. The maximum absolute atomic E-state index is 12.5. The topological polar surface area (TPSA) is 62.0 Å². The lowest BCUT2D eigenvalue weighted by molar-refractivity contribution is 0.602. The van der Waals surface area contributed by atoms with Gasteiger partial charge in [-0.3, -0.25) is 4.72 Å². The highest BCUT2D eigenvalue weighted by Gasteiger charge is 2.19. The van der Waals surface area contributed by atoms with Crippen LogP contribution in [0.25, 0.3) is 10.9 Å². The molecule has 0 aliphatic carbocycles. The van der Waals surface area contributed by atoms with Gasteiger partial charge in [0.1, 0.15) is 4.90 Å². The number of sulfonamides is 1. The smallest absolute Gasteiger partial charge is 0.264 e. The second-order valence-electron chi connectivity index (χ2n) is 4.61. The van der Waals surface area contributed by atoms with Crippen molar-refractivity contribution in [3.05, 3.63) is 57.7 Å². The Morgan fingerprint density at radius 2 is 1.59 bits per heavy atom. The molecule has 0 unspecified atom stereocenters. The molecule has 0 aliphatic rings. The van der Waals surface area contributed by atoms with Crippen molar-refractivity contribution in [1.82, 2.24) is 4.98 Å². The molecule has 0 saturated carbocycles. The first kappa shape index (κ1) is 15.5. The third kappa shape index (κ3) is 3.03. The van der Waals surface area contributed by atoms with E-state index in [9.17, 15) is 8.42 Å². The van der Waals surface area contributed by atoms with Gasteiger partial charge in [0.15, 0.2) is 0 Å². The molecule has 1 heterocycles. The minimum Gasteiger partial charge on any atom is -0.360 e. The average Bonchev–Trinajstić information content (AvgIpc) is 2.80. The Bertz CT molecular complexity index is 947. The van der Waals surface area contributed by atoms with Crippen molar-refractivity contribution in [1.29, 1.82) is 0 Å². The van der Waals surface area contributed by atoms with Crippen molar-refractivity contribution in [3.8, 4) is 0 Å². The zero-order chi connectivity index (χ0) is 15.9. The predicted molar refractivity (Wildman–Crippen MR) is 90.6 cm³/mol. The normalized spacial score (nSPS) is 11.8. The zero-order valence-corrected chi connectivity index (χ0v) is 14.0. The number of nitrogens with one attached hydrogen (secondary N) is 2. The number of aromatic amines is 1. The number of rotatable bonds is 3. The molecule has 0 saturated heterocycles. The molecule has 22 heavy (non-hydrogen) atoms. The molecule has 0 amide bonds. The Morgan fingerprint density at radius 1 is 0.909 bits per heavy atom. The Hall–Kier alpha value is -1.40. The van der Waals surface area contributed by atoms with E-state index in [-0.39, 0.29) is 4.90 Å². The predicted octanol–water partition coefficient (Wildman–Crippen LogP) is 4.93. The molecule has 0 aliphatic heterocycles. The SMILES string of the molecule is O=S(=O)(Nc1cc(Cl)cc(Cl)c1)c1c[nH]c2cc(Cl)ccc12. The molecular formula is C14H9Cl3N2O2S. The molecular weight excluding hydrogens is 367 g/mol. The maximum Gasteiger partial charge on any atom is 0.264 e. The molecule has 4 nitrogen and oxygen atoms in total. The second kappa shape index (κ2) is 5.66. The van der Waals surface area contributed by atoms with E-state index in [2.05, 4.69) is 9.71 Å². The fourth-order valence-corrected chi connectivity index (χ4v) is 4.03. The van der Waals surface area contributed by atoms with Gasteiger partial charge in [-0.1, -0.05) is 34.8 Å². The van der Waals surface area contributed by atoms with Crippen LogP contribution in [-0.2, 0) is 10.0 Å². The Balaban J connectivity index is 2.04. The Morgan fingerprint density at radius 3 is 2.27 bits per heavy atom. The molecule has 2 N–H and O–H groups in total. The summed E-state index contributed by atoms with van der Waals surface area (Å²) in [6.07, 6.45) is 1.41. The lowest BCUT2D eigenvalue weighted by Crippen LogP contribution is -2.12. The van der Waals surface area contributed by atoms with Crippen molar-refractivity contribution in [2.45, 2.75) is 4.90 Å². The van der Waals surface area contributed by atoms with Crippen LogP contribution in [0.15, 0.2) is 47.5 Å². The van der Waals surface area contributed by atoms with E-state index in [1.807, 2.05) is 0 Å². The van der Waals surface area contributed by atoms with Crippen LogP contribution >= 0.6 is 34.8 Å². The number of H-pyrrole nitrogens is 1. The summed E-state index contributed by atoms with van der Waals surface area (Å²) in [4.78, 5) is 3.01. The molecule has 2 aromatic carbocycles. The van der Waals surface area contributed by atoms with Crippen molar-refractivity contribution < 1.29 is 8.42 Å². The largest absolute Gasteiger partial charge is 0.360 e. The summed E-state index contributed by atoms with van der Waals surface area (Å²) in [6, 6.07) is 9.43. The second-order valence-corrected chi connectivity index (χ2v) is 7.57. The number of anilines is 1. The number of aromatic nitrogens is 1. The first-order chi connectivity index (χ1) is 10.3. The van der Waals surface area contributed by atoms with Gasteiger partial charge in [-0.05, 0) is 36.4 Å². The van der Waals surface area contributed by atoms with E-state index in [4.69, 9.17) is 34.8 Å². The standard InChI is InChI=1S/C14H9Cl3N2O2S/c15-8-1-2-12-13(6-8)18-7-14(12)22(20,21)19-11-4-9(16)3-10(17)5-11/h1-7,18-19H. The highest BCUT2D eigenvalue weighted by molar-refractivity contribution is 7.93. The molecule has 3 rings (SSSR count). The molecule has 0 atom stereocenters. The Labute approximate surface area is 142 Å². The van der Waals surface area contributed by atoms with Crippen LogP contribution in [0.4, 0.5) is 5.69 Å². The molecule has 3 aromatic rings. The summed E-state index contributed by atoms with van der Waals surface area (Å²) in [7, 11) is -3.78. The summed E-state index contributed by atoms with van der Waals surface area (Å²) in [5.74, 6) is 0. The number of hydrogen-bond acceptors (Lipinski definition) is 2. The van der Waals surface area contributed by atoms with E-state index in [1.165, 1.54) is 24.4 Å². The van der Waals surface area contributed by atoms with Crippen LogP contribution in [-0.4, -0.2) is 13.4 Å². The van der Waals surface area contributed by atoms with Crippen LogP contribution in [0, 0.1) is 0 Å². The lowest BCUT2D eigenvalue weighted by Gasteiger charge is -2.08. The maximum atomic E-state index is 12.5. The van der Waals surface area contributed by atoms with E-state index < -0.39 is 10.0 Å². The summed E-state index contributed by atoms with van der Waals surface area (Å²) in [5.41, 5.74) is 0.929. The first-order valence-corrected chi connectivity index (χ1v) is 8.72.